The number of phosphoric ester groups is 1. The minimum Gasteiger partial charge on any atom is -0.387 e. The summed E-state index contributed by atoms with van der Waals surface area (Å²) in [4.78, 5) is 23.5. The van der Waals surface area contributed by atoms with Crippen molar-refractivity contribution in [3.05, 3.63) is 109 Å². The Hall–Kier alpha value is -2.84. The summed E-state index contributed by atoms with van der Waals surface area (Å²) in [6.07, 6.45) is 99.5. The molecule has 0 rings (SSSR count). The van der Waals surface area contributed by atoms with E-state index in [0.29, 0.717) is 17.4 Å². The topological polar surface area (TPSA) is 105 Å². The van der Waals surface area contributed by atoms with Crippen molar-refractivity contribution in [2.45, 2.75) is 341 Å². The molecule has 0 heterocycles. The van der Waals surface area contributed by atoms with Gasteiger partial charge in [-0.25, -0.2) is 4.57 Å². The Morgan fingerprint density at radius 3 is 1.01 bits per heavy atom. The highest BCUT2D eigenvalue weighted by Gasteiger charge is 2.28. The third-order valence-corrected chi connectivity index (χ3v) is 17.2. The van der Waals surface area contributed by atoms with Crippen LogP contribution in [0, 0.1) is 0 Å². The van der Waals surface area contributed by atoms with E-state index in [-0.39, 0.29) is 19.1 Å². The van der Waals surface area contributed by atoms with E-state index in [0.717, 1.165) is 89.9 Å². The number of rotatable bonds is 67. The molecule has 0 saturated heterocycles. The van der Waals surface area contributed by atoms with Crippen molar-refractivity contribution < 1.29 is 32.9 Å². The van der Waals surface area contributed by atoms with Gasteiger partial charge in [0.25, 0.3) is 0 Å². The van der Waals surface area contributed by atoms with Gasteiger partial charge in [0.15, 0.2) is 0 Å². The first kappa shape index (κ1) is 84.2. The summed E-state index contributed by atoms with van der Waals surface area (Å²) in [7, 11) is 1.57. The van der Waals surface area contributed by atoms with Gasteiger partial charge < -0.3 is 19.8 Å². The second kappa shape index (κ2) is 67.6. The standard InChI is InChI=1S/C78H141N2O6P/c1-6-8-10-12-14-16-18-20-22-24-26-28-30-32-34-36-37-38-39-40-41-42-43-44-46-48-50-52-54-56-58-60-62-64-66-68-70-72-78(82)79-76(75-86-87(83,84)85-74-73-80(3,4)5)77(81)71-69-67-65-63-61-59-57-55-53-51-49-47-45-35-33-31-29-27-25-23-21-19-17-15-13-11-9-7-2/h8,10,14,16,20,22,26,28,32,34,37-38,40-41,43-44,69,71,76-77,81H,6-7,9,11-13,15,17-19,21,23-25,27,29-31,33,35-36,39,42,45-68,70,72-75H2,1-5H3,(H-,79,82,83,84)/p+1/b10-8-,16-14-,22-20-,28-26-,34-32-,38-37-,41-40-,44-43-,71-69+. The monoisotopic (exact) mass is 1230 g/mol. The number of aliphatic hydroxyl groups excluding tert-OH is 1. The van der Waals surface area contributed by atoms with Crippen molar-refractivity contribution in [3.63, 3.8) is 0 Å². The molecule has 3 N–H and O–H groups in total. The van der Waals surface area contributed by atoms with Crippen LogP contribution in [0.5, 0.6) is 0 Å². The Bertz CT molecular complexity index is 1790. The van der Waals surface area contributed by atoms with E-state index < -0.39 is 20.0 Å². The van der Waals surface area contributed by atoms with Crippen LogP contribution in [-0.2, 0) is 18.4 Å². The summed E-state index contributed by atoms with van der Waals surface area (Å²) in [5, 5.41) is 14.0. The highest BCUT2D eigenvalue weighted by atomic mass is 31.2. The molecular formula is C78H142N2O6P+. The number of quaternary nitrogens is 1. The summed E-state index contributed by atoms with van der Waals surface area (Å²) in [5.74, 6) is -0.179. The predicted octanol–water partition coefficient (Wildman–Crippen LogP) is 23.8. The summed E-state index contributed by atoms with van der Waals surface area (Å²) in [5.41, 5.74) is 0. The van der Waals surface area contributed by atoms with Gasteiger partial charge in [0.2, 0.25) is 5.91 Å². The molecule has 1 amide bonds. The highest BCUT2D eigenvalue weighted by Crippen LogP contribution is 2.43. The van der Waals surface area contributed by atoms with Crippen molar-refractivity contribution in [1.29, 1.82) is 0 Å². The van der Waals surface area contributed by atoms with Crippen molar-refractivity contribution in [2.24, 2.45) is 0 Å². The Balaban J connectivity index is 4.08. The fourth-order valence-electron chi connectivity index (χ4n) is 10.6. The molecule has 0 spiro atoms. The molecule has 0 aliphatic carbocycles. The zero-order chi connectivity index (χ0) is 63.4. The van der Waals surface area contributed by atoms with E-state index in [9.17, 15) is 19.4 Å². The smallest absolute Gasteiger partial charge is 0.387 e. The number of aliphatic hydroxyl groups is 1. The predicted molar refractivity (Wildman–Crippen MR) is 382 cm³/mol. The van der Waals surface area contributed by atoms with Crippen molar-refractivity contribution in [2.75, 3.05) is 40.9 Å². The summed E-state index contributed by atoms with van der Waals surface area (Å²) in [6.45, 7) is 4.73. The number of nitrogens with one attached hydrogen (secondary N) is 1. The van der Waals surface area contributed by atoms with E-state index in [1.54, 1.807) is 6.08 Å². The van der Waals surface area contributed by atoms with Crippen LogP contribution < -0.4 is 5.32 Å². The number of allylic oxidation sites excluding steroid dienone is 17. The Labute approximate surface area is 540 Å². The van der Waals surface area contributed by atoms with E-state index in [2.05, 4.69) is 116 Å². The van der Waals surface area contributed by atoms with Crippen molar-refractivity contribution in [3.8, 4) is 0 Å². The molecule has 0 aromatic carbocycles. The molecule has 87 heavy (non-hydrogen) atoms. The van der Waals surface area contributed by atoms with Crippen LogP contribution >= 0.6 is 7.82 Å². The lowest BCUT2D eigenvalue weighted by atomic mass is 10.0. The van der Waals surface area contributed by atoms with Gasteiger partial charge in [0, 0.05) is 6.42 Å². The molecule has 0 aliphatic heterocycles. The van der Waals surface area contributed by atoms with Crippen molar-refractivity contribution >= 4 is 13.7 Å². The highest BCUT2D eigenvalue weighted by molar-refractivity contribution is 7.47. The number of carbonyl (C=O) groups is 1. The maximum Gasteiger partial charge on any atom is 0.472 e. The summed E-state index contributed by atoms with van der Waals surface area (Å²) >= 11 is 0. The molecule has 0 aromatic rings. The third-order valence-electron chi connectivity index (χ3n) is 16.2. The normalized spacial score (nSPS) is 14.2. The van der Waals surface area contributed by atoms with Crippen LogP contribution in [-0.4, -0.2) is 73.4 Å². The first-order valence-corrected chi connectivity index (χ1v) is 38.3. The molecule has 0 saturated carbocycles. The molecule has 9 heteroatoms. The van der Waals surface area contributed by atoms with Crippen LogP contribution in [0.2, 0.25) is 0 Å². The molecule has 0 bridgehead atoms. The molecule has 8 nitrogen and oxygen atoms in total. The number of hydrogen-bond acceptors (Lipinski definition) is 5. The SMILES string of the molecule is CC/C=C\C/C=C\C/C=C\C/C=C\C/C=C\C/C=C\C/C=C\C/C=C\CCCCCCCCCCCCCCC(=O)NC(COP(=O)(O)OCC[N+](C)(C)C)C(O)/C=C/CCCCCCCCCCCCCCCCCCCCCCCCCCCC. The van der Waals surface area contributed by atoms with E-state index in [1.165, 1.54) is 218 Å². The molecule has 0 fully saturated rings. The first-order valence-electron chi connectivity index (χ1n) is 36.8. The van der Waals surface area contributed by atoms with Crippen LogP contribution in [0.1, 0.15) is 328 Å². The number of hydrogen-bond donors (Lipinski definition) is 3. The zero-order valence-electron chi connectivity index (χ0n) is 57.7. The van der Waals surface area contributed by atoms with Crippen LogP contribution in [0.15, 0.2) is 109 Å². The fraction of sp³-hybridized carbons (Fsp3) is 0.756. The Morgan fingerprint density at radius 2 is 0.690 bits per heavy atom. The van der Waals surface area contributed by atoms with Crippen LogP contribution in [0.3, 0.4) is 0 Å². The average Bonchev–Trinajstić information content (AvgIpc) is 3.70. The van der Waals surface area contributed by atoms with Crippen LogP contribution in [0.25, 0.3) is 0 Å². The number of likely N-dealkylation sites (N-methyl/N-ethyl adjacent to an activating group) is 1. The van der Waals surface area contributed by atoms with E-state index in [4.69, 9.17) is 9.05 Å². The lowest BCUT2D eigenvalue weighted by Gasteiger charge is -2.25. The first-order chi connectivity index (χ1) is 42.5. The van der Waals surface area contributed by atoms with Gasteiger partial charge in [-0.3, -0.25) is 13.8 Å². The van der Waals surface area contributed by atoms with Gasteiger partial charge in [0.1, 0.15) is 13.2 Å². The lowest BCUT2D eigenvalue weighted by molar-refractivity contribution is -0.870. The van der Waals surface area contributed by atoms with Crippen LogP contribution in [0.4, 0.5) is 0 Å². The molecule has 0 aromatic heterocycles. The maximum atomic E-state index is 13.1. The van der Waals surface area contributed by atoms with Gasteiger partial charge in [-0.15, -0.1) is 0 Å². The van der Waals surface area contributed by atoms with E-state index >= 15 is 0 Å². The van der Waals surface area contributed by atoms with Gasteiger partial charge in [-0.05, 0) is 83.5 Å². The second-order valence-corrected chi connectivity index (χ2v) is 27.4. The van der Waals surface area contributed by atoms with Gasteiger partial charge in [0.05, 0.1) is 39.9 Å². The minimum atomic E-state index is -4.36. The maximum absolute atomic E-state index is 13.1. The lowest BCUT2D eigenvalue weighted by Crippen LogP contribution is -2.45. The molecule has 3 unspecified atom stereocenters. The van der Waals surface area contributed by atoms with Gasteiger partial charge in [-0.1, -0.05) is 348 Å². The fourth-order valence-corrected chi connectivity index (χ4v) is 11.3. The van der Waals surface area contributed by atoms with Gasteiger partial charge >= 0.3 is 7.82 Å². The zero-order valence-corrected chi connectivity index (χ0v) is 58.6. The molecule has 0 aliphatic rings. The number of carbonyl (C=O) groups excluding carboxylic acids is 1. The summed E-state index contributed by atoms with van der Waals surface area (Å²) in [6, 6.07) is -0.856. The van der Waals surface area contributed by atoms with E-state index in [1.807, 2.05) is 27.2 Å². The Morgan fingerprint density at radius 1 is 0.402 bits per heavy atom. The van der Waals surface area contributed by atoms with Gasteiger partial charge in [-0.2, -0.15) is 0 Å². The molecular weight excluding hydrogens is 1090 g/mol. The summed E-state index contributed by atoms with van der Waals surface area (Å²) < 4.78 is 23.8. The third kappa shape index (κ3) is 70.5. The number of amides is 1. The number of unbranched alkanes of at least 4 members (excludes halogenated alkanes) is 38. The Kier molecular flexibility index (Phi) is 65.3. The second-order valence-electron chi connectivity index (χ2n) is 25.9. The number of phosphoric acid groups is 1. The molecule has 0 radical (unpaired) electrons. The largest absolute Gasteiger partial charge is 0.472 e. The molecule has 3 atom stereocenters. The minimum absolute atomic E-state index is 0.0577. The number of nitrogens with zero attached hydrogens (tertiary/aromatic N) is 1. The quantitative estimate of drug-likeness (QED) is 0.0243. The molecule has 504 valence electrons. The average molecular weight is 1230 g/mol. The van der Waals surface area contributed by atoms with Crippen molar-refractivity contribution in [1.82, 2.24) is 5.32 Å².